The monoisotopic (exact) mass is 682 g/mol. The maximum absolute atomic E-state index is 13.7. The van der Waals surface area contributed by atoms with Crippen LogP contribution in [-0.2, 0) is 14.4 Å². The quantitative estimate of drug-likeness (QED) is 0.322. The largest absolute Gasteiger partial charge is 0.493 e. The standard InChI is InChI=1S/C34H39IN2O5/c1-18-8-9-19(2)22(10-18)37-28(40)17-42-32-21(35)11-20(12-27(32)41-7)29-30-23(13-33(3,4)15-25(30)38)36-24-14-34(5,6)16-26(39)31(24)29/h8-12,29,36H,13-17H2,1-7H3,(H,37,40). The van der Waals surface area contributed by atoms with Gasteiger partial charge in [0, 0.05) is 47.0 Å². The number of ketones is 2. The predicted molar refractivity (Wildman–Crippen MR) is 172 cm³/mol. The fourth-order valence-electron chi connectivity index (χ4n) is 6.46. The van der Waals surface area contributed by atoms with E-state index in [0.717, 1.165) is 50.2 Å². The Bertz CT molecular complexity index is 1510. The summed E-state index contributed by atoms with van der Waals surface area (Å²) in [6.45, 7) is 12.2. The number of carbonyl (C=O) groups is 3. The number of carbonyl (C=O) groups excluding carboxylic acids is 3. The van der Waals surface area contributed by atoms with Crippen molar-refractivity contribution in [2.45, 2.75) is 73.1 Å². The molecule has 1 amide bonds. The summed E-state index contributed by atoms with van der Waals surface area (Å²) in [4.78, 5) is 40.2. The molecular formula is C34H39IN2O5. The van der Waals surface area contributed by atoms with Crippen LogP contribution in [0.25, 0.3) is 0 Å². The number of nitrogens with one attached hydrogen (secondary N) is 2. The van der Waals surface area contributed by atoms with Crippen molar-refractivity contribution < 1.29 is 23.9 Å². The molecule has 1 heterocycles. The topological polar surface area (TPSA) is 93.7 Å². The van der Waals surface area contributed by atoms with E-state index < -0.39 is 5.92 Å². The average molecular weight is 683 g/mol. The first-order valence-electron chi connectivity index (χ1n) is 14.3. The van der Waals surface area contributed by atoms with Gasteiger partial charge >= 0.3 is 0 Å². The smallest absolute Gasteiger partial charge is 0.262 e. The van der Waals surface area contributed by atoms with Crippen molar-refractivity contribution in [2.75, 3.05) is 19.0 Å². The van der Waals surface area contributed by atoms with Crippen molar-refractivity contribution in [3.63, 3.8) is 0 Å². The van der Waals surface area contributed by atoms with Gasteiger partial charge in [0.2, 0.25) is 0 Å². The van der Waals surface area contributed by atoms with Crippen LogP contribution in [0.5, 0.6) is 11.5 Å². The Morgan fingerprint density at radius 2 is 1.55 bits per heavy atom. The number of rotatable bonds is 6. The molecular weight excluding hydrogens is 643 g/mol. The highest BCUT2D eigenvalue weighted by atomic mass is 127. The fraction of sp³-hybridized carbons (Fsp3) is 0.441. The molecule has 5 rings (SSSR count). The Morgan fingerprint density at radius 3 is 2.12 bits per heavy atom. The number of aryl methyl sites for hydroxylation is 2. The molecule has 1 aliphatic heterocycles. The van der Waals surface area contributed by atoms with Gasteiger partial charge in [-0.05, 0) is 95.0 Å². The van der Waals surface area contributed by atoms with Crippen LogP contribution in [0, 0.1) is 28.2 Å². The zero-order valence-electron chi connectivity index (χ0n) is 25.4. The molecule has 8 heteroatoms. The van der Waals surface area contributed by atoms with E-state index in [1.165, 1.54) is 0 Å². The summed E-state index contributed by atoms with van der Waals surface area (Å²) in [5.41, 5.74) is 6.45. The molecule has 2 aromatic carbocycles. The Morgan fingerprint density at radius 1 is 0.952 bits per heavy atom. The van der Waals surface area contributed by atoms with Gasteiger partial charge in [0.1, 0.15) is 0 Å². The summed E-state index contributed by atoms with van der Waals surface area (Å²) in [6, 6.07) is 9.70. The van der Waals surface area contributed by atoms with Crippen LogP contribution in [0.4, 0.5) is 5.69 Å². The van der Waals surface area contributed by atoms with Crippen LogP contribution >= 0.6 is 22.6 Å². The normalized spacial score (nSPS) is 19.6. The third-order valence-electron chi connectivity index (χ3n) is 8.32. The molecule has 2 aromatic rings. The van der Waals surface area contributed by atoms with Gasteiger partial charge in [-0.3, -0.25) is 14.4 Å². The number of anilines is 1. The van der Waals surface area contributed by atoms with Crippen LogP contribution in [-0.4, -0.2) is 31.2 Å². The van der Waals surface area contributed by atoms with Crippen molar-refractivity contribution >= 4 is 45.8 Å². The number of methoxy groups -OCH3 is 1. The molecule has 0 aromatic heterocycles. The Hall–Kier alpha value is -3.14. The van der Waals surface area contributed by atoms with Gasteiger partial charge in [-0.25, -0.2) is 0 Å². The van der Waals surface area contributed by atoms with E-state index >= 15 is 0 Å². The molecule has 0 saturated heterocycles. The van der Waals surface area contributed by atoms with Gasteiger partial charge in [-0.2, -0.15) is 0 Å². The molecule has 0 spiro atoms. The lowest BCUT2D eigenvalue weighted by molar-refractivity contribution is -0.119. The lowest BCUT2D eigenvalue weighted by Crippen LogP contribution is -2.42. The highest BCUT2D eigenvalue weighted by Crippen LogP contribution is 2.52. The van der Waals surface area contributed by atoms with Crippen molar-refractivity contribution in [1.82, 2.24) is 5.32 Å². The van der Waals surface area contributed by atoms with Crippen molar-refractivity contribution in [3.8, 4) is 11.5 Å². The number of halogens is 1. The maximum Gasteiger partial charge on any atom is 0.262 e. The molecule has 0 unspecified atom stereocenters. The third kappa shape index (κ3) is 6.00. The molecule has 2 N–H and O–H groups in total. The Balaban J connectivity index is 1.50. The van der Waals surface area contributed by atoms with E-state index in [9.17, 15) is 14.4 Å². The summed E-state index contributed by atoms with van der Waals surface area (Å²) in [5.74, 6) is 0.279. The summed E-state index contributed by atoms with van der Waals surface area (Å²) in [7, 11) is 1.55. The summed E-state index contributed by atoms with van der Waals surface area (Å²) in [6.07, 6.45) is 2.33. The van der Waals surface area contributed by atoms with E-state index in [1.54, 1.807) is 7.11 Å². The van der Waals surface area contributed by atoms with Crippen LogP contribution < -0.4 is 20.1 Å². The molecule has 0 saturated carbocycles. The number of ether oxygens (including phenoxy) is 2. The summed E-state index contributed by atoms with van der Waals surface area (Å²) in [5, 5.41) is 6.48. The Kier molecular flexibility index (Phi) is 8.06. The molecule has 0 bridgehead atoms. The van der Waals surface area contributed by atoms with Crippen molar-refractivity contribution in [2.24, 2.45) is 10.8 Å². The first kappa shape index (κ1) is 30.3. The second-order valence-corrected chi connectivity index (χ2v) is 14.6. The second-order valence-electron chi connectivity index (χ2n) is 13.4. The molecule has 42 heavy (non-hydrogen) atoms. The van der Waals surface area contributed by atoms with Crippen LogP contribution in [0.15, 0.2) is 52.9 Å². The molecule has 0 radical (unpaired) electrons. The maximum atomic E-state index is 13.7. The van der Waals surface area contributed by atoms with Gasteiger partial charge in [0.15, 0.2) is 29.7 Å². The third-order valence-corrected chi connectivity index (χ3v) is 9.12. The predicted octanol–water partition coefficient (Wildman–Crippen LogP) is 6.91. The van der Waals surface area contributed by atoms with Gasteiger partial charge in [-0.1, -0.05) is 39.8 Å². The summed E-state index contributed by atoms with van der Waals surface area (Å²) >= 11 is 2.17. The van der Waals surface area contributed by atoms with Gasteiger partial charge in [0.05, 0.1) is 10.7 Å². The molecule has 0 atom stereocenters. The van der Waals surface area contributed by atoms with E-state index in [1.807, 2.05) is 44.2 Å². The number of hydrogen-bond donors (Lipinski definition) is 2. The average Bonchev–Trinajstić information content (AvgIpc) is 2.87. The highest BCUT2D eigenvalue weighted by molar-refractivity contribution is 14.1. The van der Waals surface area contributed by atoms with E-state index in [0.29, 0.717) is 35.5 Å². The minimum absolute atomic E-state index is 0.0698. The zero-order valence-corrected chi connectivity index (χ0v) is 27.6. The number of dihydropyridines is 1. The number of hydrogen-bond acceptors (Lipinski definition) is 6. The van der Waals surface area contributed by atoms with Crippen LogP contribution in [0.1, 0.15) is 76.0 Å². The van der Waals surface area contributed by atoms with Crippen LogP contribution in [0.2, 0.25) is 0 Å². The molecule has 222 valence electrons. The number of Topliss-reactive ketones (excluding diaryl/α,β-unsaturated/α-hetero) is 2. The lowest BCUT2D eigenvalue weighted by atomic mass is 9.64. The van der Waals surface area contributed by atoms with Gasteiger partial charge in [-0.15, -0.1) is 0 Å². The molecule has 2 aliphatic carbocycles. The zero-order chi connectivity index (χ0) is 30.6. The van der Waals surface area contributed by atoms with Gasteiger partial charge in [0.25, 0.3) is 5.91 Å². The van der Waals surface area contributed by atoms with E-state index in [2.05, 4.69) is 60.9 Å². The number of allylic oxidation sites excluding steroid dienone is 4. The fourth-order valence-corrected chi connectivity index (χ4v) is 7.24. The van der Waals surface area contributed by atoms with E-state index in [4.69, 9.17) is 9.47 Å². The SMILES string of the molecule is COc1cc(C2C3=C(CC(C)(C)CC3=O)NC3=C2C(=O)CC(C)(C)C3)cc(I)c1OCC(=O)Nc1cc(C)ccc1C. The minimum Gasteiger partial charge on any atom is -0.493 e. The summed E-state index contributed by atoms with van der Waals surface area (Å²) < 4.78 is 12.5. The second kappa shape index (κ2) is 11.2. The first-order chi connectivity index (χ1) is 19.7. The molecule has 0 fully saturated rings. The van der Waals surface area contributed by atoms with E-state index in [-0.39, 0.29) is 34.9 Å². The number of benzene rings is 2. The lowest BCUT2D eigenvalue weighted by Gasteiger charge is -2.44. The highest BCUT2D eigenvalue weighted by Gasteiger charge is 2.46. The molecule has 7 nitrogen and oxygen atoms in total. The first-order valence-corrected chi connectivity index (χ1v) is 15.4. The number of amides is 1. The molecule has 3 aliphatic rings. The van der Waals surface area contributed by atoms with Crippen molar-refractivity contribution in [1.29, 1.82) is 0 Å². The Labute approximate surface area is 261 Å². The minimum atomic E-state index is -0.479. The van der Waals surface area contributed by atoms with Gasteiger partial charge < -0.3 is 20.1 Å². The van der Waals surface area contributed by atoms with Crippen LogP contribution in [0.3, 0.4) is 0 Å². The van der Waals surface area contributed by atoms with Crippen molar-refractivity contribution in [3.05, 3.63) is 73.1 Å².